The van der Waals surface area contributed by atoms with Crippen molar-refractivity contribution in [2.45, 2.75) is 38.9 Å². The van der Waals surface area contributed by atoms with Gasteiger partial charge in [-0.1, -0.05) is 12.1 Å². The number of fused-ring (bicyclic) bond motifs is 1. The number of carbonyl (C=O) groups is 1. The van der Waals surface area contributed by atoms with E-state index in [0.717, 1.165) is 0 Å². The van der Waals surface area contributed by atoms with Gasteiger partial charge in [-0.3, -0.25) is 0 Å². The standard InChI is InChI=1S/C19H20FN3O3/c1-19(2,3)26-18(24)23-8-7-14(11-23)25-17-16-12(5-4-6-15(16)20)9-13(10-21)22-17/h4-6,9,14H,7-8,11H2,1-3H3/t14-/m0/s1. The van der Waals surface area contributed by atoms with Gasteiger partial charge in [0.05, 0.1) is 11.9 Å². The lowest BCUT2D eigenvalue weighted by atomic mass is 10.1. The van der Waals surface area contributed by atoms with Gasteiger partial charge >= 0.3 is 6.09 Å². The molecule has 0 unspecified atom stereocenters. The molecule has 2 aromatic rings. The van der Waals surface area contributed by atoms with Gasteiger partial charge in [0.25, 0.3) is 0 Å². The zero-order valence-corrected chi connectivity index (χ0v) is 15.0. The molecule has 1 atom stereocenters. The van der Waals surface area contributed by atoms with Crippen molar-refractivity contribution in [2.75, 3.05) is 13.1 Å². The average molecular weight is 357 g/mol. The van der Waals surface area contributed by atoms with Crippen LogP contribution in [0.3, 0.4) is 0 Å². The second-order valence-electron chi connectivity index (χ2n) is 7.22. The molecule has 2 heterocycles. The number of amides is 1. The van der Waals surface area contributed by atoms with Crippen molar-refractivity contribution >= 4 is 16.9 Å². The van der Waals surface area contributed by atoms with Gasteiger partial charge in [0.2, 0.25) is 5.88 Å². The monoisotopic (exact) mass is 357 g/mol. The molecule has 6 nitrogen and oxygen atoms in total. The Morgan fingerprint density at radius 3 is 2.88 bits per heavy atom. The molecule has 1 fully saturated rings. The minimum absolute atomic E-state index is 0.0770. The van der Waals surface area contributed by atoms with E-state index in [9.17, 15) is 9.18 Å². The summed E-state index contributed by atoms with van der Waals surface area (Å²) in [6.07, 6.45) is -0.168. The Balaban J connectivity index is 1.80. The summed E-state index contributed by atoms with van der Waals surface area (Å²) in [7, 11) is 0. The molecule has 1 aromatic carbocycles. The molecule has 136 valence electrons. The smallest absolute Gasteiger partial charge is 0.410 e. The van der Waals surface area contributed by atoms with Crippen molar-refractivity contribution in [1.29, 1.82) is 5.26 Å². The van der Waals surface area contributed by atoms with E-state index in [1.165, 1.54) is 12.1 Å². The van der Waals surface area contributed by atoms with Crippen LogP contribution in [-0.2, 0) is 4.74 Å². The Labute approximate surface area is 151 Å². The van der Waals surface area contributed by atoms with Crippen LogP contribution in [0.15, 0.2) is 24.3 Å². The molecule has 0 aliphatic carbocycles. The Morgan fingerprint density at radius 1 is 1.42 bits per heavy atom. The maximum absolute atomic E-state index is 14.3. The Bertz CT molecular complexity index is 886. The van der Waals surface area contributed by atoms with E-state index < -0.39 is 17.5 Å². The van der Waals surface area contributed by atoms with E-state index in [1.54, 1.807) is 37.8 Å². The highest BCUT2D eigenvalue weighted by Gasteiger charge is 2.31. The van der Waals surface area contributed by atoms with Crippen molar-refractivity contribution < 1.29 is 18.7 Å². The van der Waals surface area contributed by atoms with Crippen LogP contribution in [0.1, 0.15) is 32.9 Å². The summed E-state index contributed by atoms with van der Waals surface area (Å²) in [5, 5.41) is 9.93. The highest BCUT2D eigenvalue weighted by molar-refractivity contribution is 5.88. The summed E-state index contributed by atoms with van der Waals surface area (Å²) in [4.78, 5) is 17.8. The van der Waals surface area contributed by atoms with Crippen LogP contribution in [-0.4, -0.2) is 40.8 Å². The summed E-state index contributed by atoms with van der Waals surface area (Å²) in [5.74, 6) is -0.385. The molecule has 0 spiro atoms. The molecule has 0 bridgehead atoms. The van der Waals surface area contributed by atoms with E-state index in [-0.39, 0.29) is 23.1 Å². The molecule has 0 saturated carbocycles. The first-order valence-electron chi connectivity index (χ1n) is 8.41. The fourth-order valence-electron chi connectivity index (χ4n) is 2.85. The van der Waals surface area contributed by atoms with Crippen molar-refractivity contribution in [3.8, 4) is 11.9 Å². The Morgan fingerprint density at radius 2 is 2.19 bits per heavy atom. The van der Waals surface area contributed by atoms with Gasteiger partial charge in [-0.15, -0.1) is 0 Å². The van der Waals surface area contributed by atoms with Crippen molar-refractivity contribution in [1.82, 2.24) is 9.88 Å². The van der Waals surface area contributed by atoms with E-state index in [2.05, 4.69) is 4.98 Å². The summed E-state index contributed by atoms with van der Waals surface area (Å²) >= 11 is 0. The van der Waals surface area contributed by atoms with Gasteiger partial charge in [0.1, 0.15) is 29.3 Å². The molecule has 0 N–H and O–H groups in total. The highest BCUT2D eigenvalue weighted by Crippen LogP contribution is 2.29. The number of benzene rings is 1. The van der Waals surface area contributed by atoms with Gasteiger partial charge in [-0.2, -0.15) is 5.26 Å². The fraction of sp³-hybridized carbons (Fsp3) is 0.421. The van der Waals surface area contributed by atoms with Crippen molar-refractivity contribution in [3.63, 3.8) is 0 Å². The lowest BCUT2D eigenvalue weighted by Crippen LogP contribution is -2.36. The van der Waals surface area contributed by atoms with Crippen LogP contribution in [0, 0.1) is 17.1 Å². The number of hydrogen-bond donors (Lipinski definition) is 0. The molecule has 0 radical (unpaired) electrons. The zero-order chi connectivity index (χ0) is 18.9. The predicted molar refractivity (Wildman–Crippen MR) is 93.3 cm³/mol. The number of nitriles is 1. The highest BCUT2D eigenvalue weighted by atomic mass is 19.1. The van der Waals surface area contributed by atoms with Crippen molar-refractivity contribution in [3.05, 3.63) is 35.8 Å². The lowest BCUT2D eigenvalue weighted by Gasteiger charge is -2.24. The van der Waals surface area contributed by atoms with Gasteiger partial charge in [-0.25, -0.2) is 14.2 Å². The van der Waals surface area contributed by atoms with Crippen LogP contribution in [0.25, 0.3) is 10.8 Å². The quantitative estimate of drug-likeness (QED) is 0.820. The van der Waals surface area contributed by atoms with Crippen LogP contribution in [0.2, 0.25) is 0 Å². The molecule has 1 saturated heterocycles. The molecule has 1 aliphatic rings. The predicted octanol–water partition coefficient (Wildman–Crippen LogP) is 3.63. The van der Waals surface area contributed by atoms with Crippen LogP contribution in [0.4, 0.5) is 9.18 Å². The number of ether oxygens (including phenoxy) is 2. The second kappa shape index (κ2) is 6.79. The van der Waals surface area contributed by atoms with E-state index in [0.29, 0.717) is 24.9 Å². The number of rotatable bonds is 2. The molecule has 3 rings (SSSR count). The van der Waals surface area contributed by atoms with Gasteiger partial charge < -0.3 is 14.4 Å². The number of pyridine rings is 1. The fourth-order valence-corrected chi connectivity index (χ4v) is 2.85. The number of nitrogens with zero attached hydrogens (tertiary/aromatic N) is 3. The van der Waals surface area contributed by atoms with Crippen LogP contribution in [0.5, 0.6) is 5.88 Å². The lowest BCUT2D eigenvalue weighted by molar-refractivity contribution is 0.0275. The SMILES string of the molecule is CC(C)(C)OC(=O)N1CC[C@H](Oc2nc(C#N)cc3cccc(F)c23)C1. The maximum atomic E-state index is 14.3. The molecule has 1 aromatic heterocycles. The third-order valence-corrected chi connectivity index (χ3v) is 3.96. The Kier molecular flexibility index (Phi) is 4.68. The van der Waals surface area contributed by atoms with E-state index in [4.69, 9.17) is 14.7 Å². The Hall–Kier alpha value is -2.88. The van der Waals surface area contributed by atoms with Crippen LogP contribution < -0.4 is 4.74 Å². The number of likely N-dealkylation sites (tertiary alicyclic amines) is 1. The second-order valence-corrected chi connectivity index (χ2v) is 7.22. The molecule has 1 amide bonds. The third kappa shape index (κ3) is 3.85. The number of halogens is 1. The molecule has 1 aliphatic heterocycles. The largest absolute Gasteiger partial charge is 0.472 e. The minimum Gasteiger partial charge on any atom is -0.472 e. The number of hydrogen-bond acceptors (Lipinski definition) is 5. The zero-order valence-electron chi connectivity index (χ0n) is 15.0. The summed E-state index contributed by atoms with van der Waals surface area (Å²) in [6, 6.07) is 8.08. The van der Waals surface area contributed by atoms with Crippen LogP contribution >= 0.6 is 0 Å². The first kappa shape index (κ1) is 17.9. The van der Waals surface area contributed by atoms with E-state index >= 15 is 0 Å². The normalized spacial score (nSPS) is 17.2. The summed E-state index contributed by atoms with van der Waals surface area (Å²) < 4.78 is 25.5. The number of carbonyl (C=O) groups excluding carboxylic acids is 1. The molecular formula is C19H20FN3O3. The topological polar surface area (TPSA) is 75.4 Å². The summed E-state index contributed by atoms with van der Waals surface area (Å²) in [6.45, 7) is 6.23. The number of aromatic nitrogens is 1. The minimum atomic E-state index is -0.571. The van der Waals surface area contributed by atoms with Crippen molar-refractivity contribution in [2.24, 2.45) is 0 Å². The molecule has 26 heavy (non-hydrogen) atoms. The van der Waals surface area contributed by atoms with E-state index in [1.807, 2.05) is 6.07 Å². The van der Waals surface area contributed by atoms with Gasteiger partial charge in [0, 0.05) is 13.0 Å². The first-order valence-corrected chi connectivity index (χ1v) is 8.41. The first-order chi connectivity index (χ1) is 12.3. The summed E-state index contributed by atoms with van der Waals surface area (Å²) in [5.41, 5.74) is -0.419. The average Bonchev–Trinajstić information content (AvgIpc) is 3.01. The van der Waals surface area contributed by atoms with Gasteiger partial charge in [-0.05, 0) is 38.3 Å². The van der Waals surface area contributed by atoms with Gasteiger partial charge in [0.15, 0.2) is 0 Å². The molecule has 7 heteroatoms. The molecular weight excluding hydrogens is 337 g/mol. The maximum Gasteiger partial charge on any atom is 0.410 e. The third-order valence-electron chi connectivity index (χ3n) is 3.96.